The third-order valence-electron chi connectivity index (χ3n) is 5.05. The molecule has 0 aliphatic rings. The number of alkyl carbamates (subject to hydrolysis) is 1. The number of aryl methyl sites for hydroxylation is 1. The first-order chi connectivity index (χ1) is 15.3. The Morgan fingerprint density at radius 3 is 1.97 bits per heavy atom. The number of carbonyl (C=O) groups is 3. The maximum atomic E-state index is 13.8. The van der Waals surface area contributed by atoms with Crippen LogP contribution < -0.4 is 10.6 Å². The number of amides is 3. The summed E-state index contributed by atoms with van der Waals surface area (Å²) in [5.41, 5.74) is 1.21. The van der Waals surface area contributed by atoms with E-state index in [1.807, 2.05) is 58.9 Å². The Balaban J connectivity index is 3.38. The second-order valence-corrected chi connectivity index (χ2v) is 10.1. The Hall–Kier alpha value is -2.57. The predicted molar refractivity (Wildman–Crippen MR) is 132 cm³/mol. The van der Waals surface area contributed by atoms with Crippen LogP contribution >= 0.6 is 0 Å². The normalized spacial score (nSPS) is 13.4. The van der Waals surface area contributed by atoms with Gasteiger partial charge in [-0.25, -0.2) is 4.79 Å². The maximum Gasteiger partial charge on any atom is 0.408 e. The van der Waals surface area contributed by atoms with Crippen molar-refractivity contribution in [1.82, 2.24) is 15.5 Å². The van der Waals surface area contributed by atoms with Crippen molar-refractivity contribution in [3.05, 3.63) is 35.4 Å². The molecule has 0 bridgehead atoms. The van der Waals surface area contributed by atoms with Crippen molar-refractivity contribution in [2.45, 2.75) is 98.9 Å². The highest BCUT2D eigenvalue weighted by molar-refractivity contribution is 5.92. The van der Waals surface area contributed by atoms with Gasteiger partial charge in [-0.15, -0.1) is 0 Å². The van der Waals surface area contributed by atoms with E-state index in [0.717, 1.165) is 17.5 Å². The van der Waals surface area contributed by atoms with Crippen LogP contribution in [0, 0.1) is 5.92 Å². The molecule has 1 rings (SSSR count). The summed E-state index contributed by atoms with van der Waals surface area (Å²) >= 11 is 0. The van der Waals surface area contributed by atoms with Crippen LogP contribution in [0.1, 0.15) is 85.9 Å². The first-order valence-corrected chi connectivity index (χ1v) is 12.0. The van der Waals surface area contributed by atoms with Gasteiger partial charge in [0.1, 0.15) is 17.7 Å². The highest BCUT2D eigenvalue weighted by atomic mass is 16.6. The second-order valence-electron chi connectivity index (χ2n) is 10.1. The van der Waals surface area contributed by atoms with Crippen molar-refractivity contribution in [3.8, 4) is 0 Å². The predicted octanol–water partition coefficient (Wildman–Crippen LogP) is 4.60. The van der Waals surface area contributed by atoms with Crippen molar-refractivity contribution < 1.29 is 19.1 Å². The molecule has 2 N–H and O–H groups in total. The Bertz CT molecular complexity index is 782. The molecule has 3 amide bonds. The largest absolute Gasteiger partial charge is 0.444 e. The lowest BCUT2D eigenvalue weighted by atomic mass is 9.97. The van der Waals surface area contributed by atoms with Crippen LogP contribution in [0.15, 0.2) is 24.3 Å². The molecule has 1 aromatic carbocycles. The van der Waals surface area contributed by atoms with Gasteiger partial charge in [-0.2, -0.15) is 0 Å². The number of nitrogens with zero attached hydrogens (tertiary/aromatic N) is 1. The van der Waals surface area contributed by atoms with Crippen LogP contribution in [-0.4, -0.2) is 47.0 Å². The van der Waals surface area contributed by atoms with Crippen LogP contribution in [0.25, 0.3) is 0 Å². The van der Waals surface area contributed by atoms with Crippen LogP contribution in [0.3, 0.4) is 0 Å². The summed E-state index contributed by atoms with van der Waals surface area (Å²) in [7, 11) is 0. The summed E-state index contributed by atoms with van der Waals surface area (Å²) in [5, 5.41) is 5.69. The van der Waals surface area contributed by atoms with E-state index in [1.54, 1.807) is 25.7 Å². The van der Waals surface area contributed by atoms with Gasteiger partial charge in [0.15, 0.2) is 0 Å². The molecule has 0 saturated carbocycles. The molecule has 0 heterocycles. The molecule has 0 saturated heterocycles. The molecule has 7 nitrogen and oxygen atoms in total. The molecule has 186 valence electrons. The molecule has 0 aliphatic heterocycles. The number of rotatable bonds is 10. The monoisotopic (exact) mass is 461 g/mol. The summed E-state index contributed by atoms with van der Waals surface area (Å²) in [5.74, 6) is -0.738. The lowest BCUT2D eigenvalue weighted by Gasteiger charge is -2.35. The van der Waals surface area contributed by atoms with Crippen LogP contribution in [-0.2, 0) is 20.7 Å². The molecule has 0 aromatic heterocycles. The van der Waals surface area contributed by atoms with Gasteiger partial charge < -0.3 is 20.3 Å². The van der Waals surface area contributed by atoms with E-state index in [1.165, 1.54) is 0 Å². The van der Waals surface area contributed by atoms with Crippen molar-refractivity contribution in [2.24, 2.45) is 5.92 Å². The maximum absolute atomic E-state index is 13.8. The van der Waals surface area contributed by atoms with E-state index in [2.05, 4.69) is 17.6 Å². The summed E-state index contributed by atoms with van der Waals surface area (Å²) in [6, 6.07) is 6.09. The second kappa shape index (κ2) is 12.6. The SMILES string of the molecule is CCCN(C(=O)C(NC(=O)OC(C)(C)C)C(C)C)C(C(=O)NC(C)C)c1ccc(CC)cc1. The van der Waals surface area contributed by atoms with Crippen molar-refractivity contribution in [2.75, 3.05) is 6.54 Å². The number of benzene rings is 1. The third kappa shape index (κ3) is 9.06. The zero-order valence-corrected chi connectivity index (χ0v) is 21.8. The van der Waals surface area contributed by atoms with Crippen LogP contribution in [0.5, 0.6) is 0 Å². The van der Waals surface area contributed by atoms with Crippen LogP contribution in [0.4, 0.5) is 4.79 Å². The molecule has 7 heteroatoms. The Morgan fingerprint density at radius 2 is 1.55 bits per heavy atom. The van der Waals surface area contributed by atoms with Gasteiger partial charge in [-0.3, -0.25) is 9.59 Å². The fourth-order valence-electron chi connectivity index (χ4n) is 3.51. The van der Waals surface area contributed by atoms with Crippen molar-refractivity contribution >= 4 is 17.9 Å². The number of ether oxygens (including phenoxy) is 1. The van der Waals surface area contributed by atoms with E-state index < -0.39 is 23.8 Å². The van der Waals surface area contributed by atoms with E-state index in [-0.39, 0.29) is 23.8 Å². The Labute approximate surface area is 199 Å². The van der Waals surface area contributed by atoms with Gasteiger partial charge in [0, 0.05) is 12.6 Å². The van der Waals surface area contributed by atoms with Gasteiger partial charge in [-0.1, -0.05) is 52.0 Å². The fourth-order valence-corrected chi connectivity index (χ4v) is 3.51. The summed E-state index contributed by atoms with van der Waals surface area (Å²) < 4.78 is 5.38. The van der Waals surface area contributed by atoms with Gasteiger partial charge in [0.25, 0.3) is 0 Å². The molecule has 0 fully saturated rings. The fraction of sp³-hybridized carbons (Fsp3) is 0.654. The topological polar surface area (TPSA) is 87.7 Å². The summed E-state index contributed by atoms with van der Waals surface area (Å²) in [6.45, 7) is 17.2. The molecule has 0 radical (unpaired) electrons. The molecular weight excluding hydrogens is 418 g/mol. The lowest BCUT2D eigenvalue weighted by Crippen LogP contribution is -2.55. The molecule has 2 atom stereocenters. The standard InChI is InChI=1S/C26H43N3O4/c1-10-16-29(24(31)21(17(3)4)28-25(32)33-26(7,8)9)22(23(30)27-18(5)6)20-14-12-19(11-2)13-15-20/h12-15,17-18,21-22H,10-11,16H2,1-9H3,(H,27,30)(H,28,32). The van der Waals surface area contributed by atoms with Crippen molar-refractivity contribution in [3.63, 3.8) is 0 Å². The number of nitrogens with one attached hydrogen (secondary N) is 2. The minimum Gasteiger partial charge on any atom is -0.444 e. The van der Waals surface area contributed by atoms with Crippen molar-refractivity contribution in [1.29, 1.82) is 0 Å². The third-order valence-corrected chi connectivity index (χ3v) is 5.05. The Morgan fingerprint density at radius 1 is 0.970 bits per heavy atom. The number of hydrogen-bond acceptors (Lipinski definition) is 4. The average Bonchev–Trinajstić information content (AvgIpc) is 2.69. The number of carbonyl (C=O) groups excluding carboxylic acids is 3. The highest BCUT2D eigenvalue weighted by Gasteiger charge is 2.37. The van der Waals surface area contributed by atoms with Gasteiger partial charge >= 0.3 is 6.09 Å². The molecule has 0 aliphatic carbocycles. The lowest BCUT2D eigenvalue weighted by molar-refractivity contribution is -0.143. The zero-order chi connectivity index (χ0) is 25.3. The summed E-state index contributed by atoms with van der Waals surface area (Å²) in [4.78, 5) is 41.1. The van der Waals surface area contributed by atoms with E-state index in [4.69, 9.17) is 4.74 Å². The smallest absolute Gasteiger partial charge is 0.408 e. The quantitative estimate of drug-likeness (QED) is 0.533. The molecule has 33 heavy (non-hydrogen) atoms. The molecule has 0 spiro atoms. The Kier molecular flexibility index (Phi) is 10.9. The first kappa shape index (κ1) is 28.5. The van der Waals surface area contributed by atoms with Gasteiger partial charge in [0.2, 0.25) is 11.8 Å². The van der Waals surface area contributed by atoms with E-state index in [9.17, 15) is 14.4 Å². The molecular formula is C26H43N3O4. The van der Waals surface area contributed by atoms with E-state index in [0.29, 0.717) is 13.0 Å². The van der Waals surface area contributed by atoms with E-state index >= 15 is 0 Å². The highest BCUT2D eigenvalue weighted by Crippen LogP contribution is 2.25. The zero-order valence-electron chi connectivity index (χ0n) is 21.8. The van der Waals surface area contributed by atoms with Crippen LogP contribution in [0.2, 0.25) is 0 Å². The van der Waals surface area contributed by atoms with Gasteiger partial charge in [0.05, 0.1) is 0 Å². The average molecular weight is 462 g/mol. The minimum atomic E-state index is -0.823. The molecule has 2 unspecified atom stereocenters. The number of hydrogen-bond donors (Lipinski definition) is 2. The summed E-state index contributed by atoms with van der Waals surface area (Å²) in [6.07, 6.45) is 0.902. The molecule has 1 aromatic rings. The minimum absolute atomic E-state index is 0.0747. The van der Waals surface area contributed by atoms with Gasteiger partial charge in [-0.05, 0) is 64.5 Å². The first-order valence-electron chi connectivity index (χ1n) is 12.0.